The van der Waals surface area contributed by atoms with Crippen LogP contribution >= 0.6 is 0 Å². The van der Waals surface area contributed by atoms with Gasteiger partial charge in [0.05, 0.1) is 13.2 Å². The third-order valence-corrected chi connectivity index (χ3v) is 8.24. The summed E-state index contributed by atoms with van der Waals surface area (Å²) in [6.07, 6.45) is 14.5. The van der Waals surface area contributed by atoms with Crippen LogP contribution in [-0.4, -0.2) is 89.0 Å². The van der Waals surface area contributed by atoms with Gasteiger partial charge in [0, 0.05) is 12.8 Å². The lowest BCUT2D eigenvalue weighted by molar-refractivity contribution is -0.305. The van der Waals surface area contributed by atoms with Crippen molar-refractivity contribution in [3.05, 3.63) is 0 Å². The van der Waals surface area contributed by atoms with Gasteiger partial charge in [0.1, 0.15) is 31.0 Å². The van der Waals surface area contributed by atoms with E-state index in [1.165, 1.54) is 64.2 Å². The lowest BCUT2D eigenvalue weighted by atomic mass is 9.99. The van der Waals surface area contributed by atoms with Gasteiger partial charge in [-0.1, -0.05) is 123 Å². The molecule has 6 atom stereocenters. The summed E-state index contributed by atoms with van der Waals surface area (Å²) in [6.45, 7) is 3.31. The Morgan fingerprint density at radius 3 is 1.55 bits per heavy atom. The van der Waals surface area contributed by atoms with Gasteiger partial charge in [-0.25, -0.2) is 0 Å². The minimum Gasteiger partial charge on any atom is -0.462 e. The fourth-order valence-electron chi connectivity index (χ4n) is 5.36. The maximum absolute atomic E-state index is 12.6. The second-order valence-corrected chi connectivity index (χ2v) is 12.3. The van der Waals surface area contributed by atoms with Crippen LogP contribution < -0.4 is 0 Å². The van der Waals surface area contributed by atoms with Crippen molar-refractivity contribution in [3.8, 4) is 0 Å². The molecule has 1 rings (SSSR count). The van der Waals surface area contributed by atoms with E-state index in [1.54, 1.807) is 0 Å². The summed E-state index contributed by atoms with van der Waals surface area (Å²) in [4.78, 5) is 24.8. The molecule has 0 bridgehead atoms. The molecule has 0 aliphatic carbocycles. The van der Waals surface area contributed by atoms with Crippen LogP contribution in [0.3, 0.4) is 0 Å². The molecule has 0 aromatic rings. The van der Waals surface area contributed by atoms with Crippen molar-refractivity contribution in [2.75, 3.05) is 19.8 Å². The first-order valence-electron chi connectivity index (χ1n) is 17.6. The summed E-state index contributed by atoms with van der Waals surface area (Å²) >= 11 is 0. The van der Waals surface area contributed by atoms with Crippen molar-refractivity contribution in [2.45, 2.75) is 185 Å². The highest BCUT2D eigenvalue weighted by Gasteiger charge is 2.44. The molecular weight excluding hydrogens is 568 g/mol. The number of carbonyl (C=O) groups is 2. The van der Waals surface area contributed by atoms with Crippen molar-refractivity contribution >= 4 is 11.9 Å². The quantitative estimate of drug-likeness (QED) is 0.0644. The van der Waals surface area contributed by atoms with Crippen LogP contribution in [0.15, 0.2) is 0 Å². The fourth-order valence-corrected chi connectivity index (χ4v) is 5.36. The summed E-state index contributed by atoms with van der Waals surface area (Å²) in [5.74, 6) is -0.815. The predicted octanol–water partition coefficient (Wildman–Crippen LogP) is 5.49. The summed E-state index contributed by atoms with van der Waals surface area (Å²) in [7, 11) is 0. The van der Waals surface area contributed by atoms with E-state index in [1.807, 2.05) is 0 Å². The second kappa shape index (κ2) is 26.9. The molecule has 0 aromatic carbocycles. The Morgan fingerprint density at radius 1 is 0.614 bits per heavy atom. The van der Waals surface area contributed by atoms with Crippen molar-refractivity contribution in [2.24, 2.45) is 0 Å². The van der Waals surface area contributed by atoms with Crippen LogP contribution in [0.4, 0.5) is 0 Å². The second-order valence-electron chi connectivity index (χ2n) is 12.3. The van der Waals surface area contributed by atoms with E-state index in [0.29, 0.717) is 6.42 Å². The molecule has 44 heavy (non-hydrogen) atoms. The number of carbonyl (C=O) groups excluding carboxylic acids is 2. The zero-order valence-electron chi connectivity index (χ0n) is 27.7. The number of esters is 2. The van der Waals surface area contributed by atoms with E-state index < -0.39 is 49.4 Å². The minimum atomic E-state index is -1.59. The first-order chi connectivity index (χ1) is 21.3. The molecule has 1 heterocycles. The molecule has 0 aromatic heterocycles. The van der Waals surface area contributed by atoms with Crippen LogP contribution in [0.25, 0.3) is 0 Å². The summed E-state index contributed by atoms with van der Waals surface area (Å²) in [5, 5.41) is 39.7. The summed E-state index contributed by atoms with van der Waals surface area (Å²) < 4.78 is 21.9. The van der Waals surface area contributed by atoms with Crippen LogP contribution in [-0.2, 0) is 28.5 Å². The fraction of sp³-hybridized carbons (Fsp3) is 0.941. The number of hydrogen-bond donors (Lipinski definition) is 4. The smallest absolute Gasteiger partial charge is 0.306 e. The summed E-state index contributed by atoms with van der Waals surface area (Å²) in [6, 6.07) is 0. The van der Waals surface area contributed by atoms with Gasteiger partial charge in [0.25, 0.3) is 0 Å². The predicted molar refractivity (Wildman–Crippen MR) is 169 cm³/mol. The molecule has 10 nitrogen and oxygen atoms in total. The molecule has 1 saturated heterocycles. The van der Waals surface area contributed by atoms with Crippen LogP contribution in [0.2, 0.25) is 0 Å². The number of aliphatic hydroxyl groups excluding tert-OH is 4. The molecule has 0 saturated carbocycles. The minimum absolute atomic E-state index is 0.213. The maximum atomic E-state index is 12.6. The molecule has 1 aliphatic heterocycles. The van der Waals surface area contributed by atoms with E-state index in [9.17, 15) is 30.0 Å². The zero-order valence-corrected chi connectivity index (χ0v) is 27.7. The average molecular weight is 633 g/mol. The van der Waals surface area contributed by atoms with Gasteiger partial charge in [-0.2, -0.15) is 0 Å². The Kier molecular flexibility index (Phi) is 24.9. The molecule has 6 unspecified atom stereocenters. The number of aliphatic hydroxyl groups is 4. The first-order valence-corrected chi connectivity index (χ1v) is 17.6. The van der Waals surface area contributed by atoms with Gasteiger partial charge in [0.15, 0.2) is 12.4 Å². The molecule has 1 fully saturated rings. The highest BCUT2D eigenvalue weighted by atomic mass is 16.7. The molecule has 10 heteroatoms. The maximum Gasteiger partial charge on any atom is 0.306 e. The average Bonchev–Trinajstić information content (AvgIpc) is 3.02. The molecule has 1 aliphatic rings. The van der Waals surface area contributed by atoms with Gasteiger partial charge in [-0.3, -0.25) is 9.59 Å². The lowest BCUT2D eigenvalue weighted by Gasteiger charge is -2.39. The third-order valence-electron chi connectivity index (χ3n) is 8.24. The highest BCUT2D eigenvalue weighted by molar-refractivity contribution is 5.70. The molecule has 0 radical (unpaired) electrons. The van der Waals surface area contributed by atoms with Gasteiger partial charge < -0.3 is 39.4 Å². The van der Waals surface area contributed by atoms with Gasteiger partial charge >= 0.3 is 11.9 Å². The molecule has 260 valence electrons. The number of unbranched alkanes of at least 4 members (excludes halogenated alkanes) is 17. The zero-order chi connectivity index (χ0) is 32.4. The Morgan fingerprint density at radius 2 is 1.07 bits per heavy atom. The SMILES string of the molecule is CCCCCCCCCCCCCCCCC(=O)OC(COC(=O)CCCCCCC)COC1OC(CO)C(O)C(O)C1O. The molecular formula is C34H64O10. The Hall–Kier alpha value is -1.30. The summed E-state index contributed by atoms with van der Waals surface area (Å²) in [5.41, 5.74) is 0. The van der Waals surface area contributed by atoms with Crippen LogP contribution in [0, 0.1) is 0 Å². The van der Waals surface area contributed by atoms with Crippen molar-refractivity contribution in [3.63, 3.8) is 0 Å². The van der Waals surface area contributed by atoms with Gasteiger partial charge in [-0.15, -0.1) is 0 Å². The van der Waals surface area contributed by atoms with E-state index in [-0.39, 0.29) is 32.0 Å². The standard InChI is InChI=1S/C34H64O10/c1-3-5-7-9-10-11-12-13-14-15-16-17-19-21-23-30(37)43-27(25-41-29(36)22-20-18-8-6-4-2)26-42-34-33(40)32(39)31(38)28(24-35)44-34/h27-28,31-35,38-40H,3-26H2,1-2H3. The van der Waals surface area contributed by atoms with Crippen molar-refractivity contribution in [1.29, 1.82) is 0 Å². The molecule has 4 N–H and O–H groups in total. The Labute approximate surface area is 266 Å². The van der Waals surface area contributed by atoms with Gasteiger partial charge in [0.2, 0.25) is 0 Å². The lowest BCUT2D eigenvalue weighted by Crippen LogP contribution is -2.59. The van der Waals surface area contributed by atoms with Crippen molar-refractivity contribution < 1.29 is 49.0 Å². The topological polar surface area (TPSA) is 152 Å². The molecule has 0 amide bonds. The first kappa shape index (κ1) is 40.7. The van der Waals surface area contributed by atoms with E-state index in [0.717, 1.165) is 51.4 Å². The molecule has 0 spiro atoms. The Balaban J connectivity index is 2.37. The van der Waals surface area contributed by atoms with Gasteiger partial charge in [-0.05, 0) is 12.8 Å². The third kappa shape index (κ3) is 19.3. The highest BCUT2D eigenvalue weighted by Crippen LogP contribution is 2.22. The number of rotatable bonds is 28. The normalized spacial score (nSPS) is 22.5. The number of hydrogen-bond acceptors (Lipinski definition) is 10. The largest absolute Gasteiger partial charge is 0.462 e. The van der Waals surface area contributed by atoms with E-state index in [4.69, 9.17) is 18.9 Å². The van der Waals surface area contributed by atoms with Crippen molar-refractivity contribution in [1.82, 2.24) is 0 Å². The number of ether oxygens (including phenoxy) is 4. The van der Waals surface area contributed by atoms with Crippen LogP contribution in [0.5, 0.6) is 0 Å². The van der Waals surface area contributed by atoms with E-state index in [2.05, 4.69) is 13.8 Å². The van der Waals surface area contributed by atoms with Crippen LogP contribution in [0.1, 0.15) is 149 Å². The Bertz CT molecular complexity index is 704. The van der Waals surface area contributed by atoms with E-state index >= 15 is 0 Å². The monoisotopic (exact) mass is 632 g/mol.